The SMILES string of the molecule is Oc1ccccc1-c1nc(CSC2CCCCC2)no1. The zero-order valence-electron chi connectivity index (χ0n) is 11.3. The van der Waals surface area contributed by atoms with Gasteiger partial charge in [0.1, 0.15) is 5.75 Å². The molecule has 1 fully saturated rings. The van der Waals surface area contributed by atoms with Crippen molar-refractivity contribution < 1.29 is 9.63 Å². The molecule has 1 aromatic heterocycles. The fourth-order valence-electron chi connectivity index (χ4n) is 2.50. The van der Waals surface area contributed by atoms with Crippen LogP contribution in [0.15, 0.2) is 28.8 Å². The highest BCUT2D eigenvalue weighted by Gasteiger charge is 2.16. The monoisotopic (exact) mass is 290 g/mol. The van der Waals surface area contributed by atoms with E-state index in [9.17, 15) is 5.11 Å². The Morgan fingerprint density at radius 1 is 1.20 bits per heavy atom. The molecule has 0 spiro atoms. The zero-order chi connectivity index (χ0) is 13.8. The van der Waals surface area contributed by atoms with Crippen LogP contribution >= 0.6 is 11.8 Å². The van der Waals surface area contributed by atoms with Gasteiger partial charge in [0.2, 0.25) is 0 Å². The minimum atomic E-state index is 0.169. The predicted octanol–water partition coefficient (Wildman–Crippen LogP) is 4.01. The number of phenolic OH excluding ortho intramolecular Hbond substituents is 1. The summed E-state index contributed by atoms with van der Waals surface area (Å²) in [6.07, 6.45) is 6.65. The van der Waals surface area contributed by atoms with E-state index in [-0.39, 0.29) is 5.75 Å². The normalized spacial score (nSPS) is 16.4. The molecule has 5 heteroatoms. The number of rotatable bonds is 4. The molecule has 0 aliphatic heterocycles. The van der Waals surface area contributed by atoms with Crippen LogP contribution in [-0.4, -0.2) is 20.5 Å². The number of aromatic nitrogens is 2. The minimum absolute atomic E-state index is 0.169. The van der Waals surface area contributed by atoms with Crippen molar-refractivity contribution in [3.8, 4) is 17.2 Å². The van der Waals surface area contributed by atoms with E-state index in [4.69, 9.17) is 4.52 Å². The van der Waals surface area contributed by atoms with Crippen LogP contribution in [0.5, 0.6) is 5.75 Å². The molecule has 4 nitrogen and oxygen atoms in total. The first-order valence-corrected chi connectivity index (χ1v) is 8.10. The molecule has 1 aliphatic rings. The molecule has 0 atom stereocenters. The second kappa shape index (κ2) is 6.31. The lowest BCUT2D eigenvalue weighted by Gasteiger charge is -2.19. The van der Waals surface area contributed by atoms with E-state index in [0.717, 1.165) is 11.0 Å². The van der Waals surface area contributed by atoms with Crippen molar-refractivity contribution in [1.82, 2.24) is 10.1 Å². The van der Waals surface area contributed by atoms with Gasteiger partial charge in [-0.05, 0) is 25.0 Å². The molecule has 3 rings (SSSR count). The lowest BCUT2D eigenvalue weighted by Crippen LogP contribution is -2.08. The fourth-order valence-corrected chi connectivity index (χ4v) is 3.67. The highest BCUT2D eigenvalue weighted by atomic mass is 32.2. The van der Waals surface area contributed by atoms with Crippen LogP contribution in [0.1, 0.15) is 37.9 Å². The Balaban J connectivity index is 1.63. The molecule has 0 unspecified atom stereocenters. The summed E-state index contributed by atoms with van der Waals surface area (Å²) in [7, 11) is 0. The van der Waals surface area contributed by atoms with Gasteiger partial charge in [-0.25, -0.2) is 0 Å². The van der Waals surface area contributed by atoms with Gasteiger partial charge in [-0.3, -0.25) is 0 Å². The maximum absolute atomic E-state index is 9.77. The van der Waals surface area contributed by atoms with Crippen LogP contribution < -0.4 is 0 Å². The molecule has 1 saturated carbocycles. The lowest BCUT2D eigenvalue weighted by molar-refractivity contribution is 0.419. The largest absolute Gasteiger partial charge is 0.507 e. The summed E-state index contributed by atoms with van der Waals surface area (Å²) in [5.41, 5.74) is 0.592. The molecule has 0 amide bonds. The first-order valence-electron chi connectivity index (χ1n) is 7.05. The van der Waals surface area contributed by atoms with Gasteiger partial charge in [0.15, 0.2) is 5.82 Å². The van der Waals surface area contributed by atoms with Crippen molar-refractivity contribution in [3.63, 3.8) is 0 Å². The van der Waals surface area contributed by atoms with E-state index < -0.39 is 0 Å². The van der Waals surface area contributed by atoms with Gasteiger partial charge in [0.25, 0.3) is 5.89 Å². The van der Waals surface area contributed by atoms with E-state index in [0.29, 0.717) is 17.3 Å². The standard InChI is InChI=1S/C15H18N2O2S/c18-13-9-5-4-8-12(13)15-16-14(17-19-15)10-20-11-6-2-1-3-7-11/h4-5,8-9,11,18H,1-3,6-7,10H2. The number of aromatic hydroxyl groups is 1. The summed E-state index contributed by atoms with van der Waals surface area (Å²) in [6, 6.07) is 7.02. The summed E-state index contributed by atoms with van der Waals surface area (Å²) in [5.74, 6) is 2.05. The van der Waals surface area contributed by atoms with E-state index in [1.165, 1.54) is 32.1 Å². The van der Waals surface area contributed by atoms with Crippen LogP contribution in [-0.2, 0) is 5.75 Å². The molecule has 2 aromatic rings. The molecule has 1 N–H and O–H groups in total. The zero-order valence-corrected chi connectivity index (χ0v) is 12.1. The lowest BCUT2D eigenvalue weighted by atomic mass is 10.0. The smallest absolute Gasteiger partial charge is 0.261 e. The summed E-state index contributed by atoms with van der Waals surface area (Å²) < 4.78 is 5.24. The maximum atomic E-state index is 9.77. The second-order valence-corrected chi connectivity index (χ2v) is 6.39. The van der Waals surface area contributed by atoms with Gasteiger partial charge in [-0.2, -0.15) is 16.7 Å². The highest BCUT2D eigenvalue weighted by molar-refractivity contribution is 7.99. The first kappa shape index (κ1) is 13.5. The topological polar surface area (TPSA) is 59.2 Å². The Hall–Kier alpha value is -1.49. The third-order valence-corrected chi connectivity index (χ3v) is 4.97. The molecule has 1 heterocycles. The Bertz CT molecular complexity index is 565. The molecule has 1 aromatic carbocycles. The Kier molecular flexibility index (Phi) is 4.25. The number of hydrogen-bond acceptors (Lipinski definition) is 5. The van der Waals surface area contributed by atoms with Gasteiger partial charge >= 0.3 is 0 Å². The summed E-state index contributed by atoms with van der Waals surface area (Å²) >= 11 is 1.92. The third-order valence-electron chi connectivity index (χ3n) is 3.60. The van der Waals surface area contributed by atoms with Crippen LogP contribution in [0.25, 0.3) is 11.5 Å². The van der Waals surface area contributed by atoms with E-state index in [2.05, 4.69) is 10.1 Å². The summed E-state index contributed by atoms with van der Waals surface area (Å²) in [5, 5.41) is 14.5. The van der Waals surface area contributed by atoms with Crippen LogP contribution in [0, 0.1) is 0 Å². The predicted molar refractivity (Wildman–Crippen MR) is 79.6 cm³/mol. The van der Waals surface area contributed by atoms with Gasteiger partial charge < -0.3 is 9.63 Å². The average molecular weight is 290 g/mol. The van der Waals surface area contributed by atoms with Gasteiger partial charge in [0.05, 0.1) is 11.3 Å². The van der Waals surface area contributed by atoms with Crippen molar-refractivity contribution in [1.29, 1.82) is 0 Å². The Morgan fingerprint density at radius 2 is 2.00 bits per heavy atom. The van der Waals surface area contributed by atoms with E-state index in [1.54, 1.807) is 18.2 Å². The van der Waals surface area contributed by atoms with Crippen LogP contribution in [0.3, 0.4) is 0 Å². The quantitative estimate of drug-likeness (QED) is 0.922. The molecule has 20 heavy (non-hydrogen) atoms. The number of para-hydroxylation sites is 1. The average Bonchev–Trinajstić information content (AvgIpc) is 2.95. The van der Waals surface area contributed by atoms with Gasteiger partial charge in [0, 0.05) is 5.25 Å². The minimum Gasteiger partial charge on any atom is -0.507 e. The summed E-state index contributed by atoms with van der Waals surface area (Å²) in [6.45, 7) is 0. The number of nitrogens with zero attached hydrogens (tertiary/aromatic N) is 2. The molecule has 0 radical (unpaired) electrons. The Labute approximate surface area is 122 Å². The number of hydrogen-bond donors (Lipinski definition) is 1. The molecule has 0 bridgehead atoms. The van der Waals surface area contributed by atoms with Crippen molar-refractivity contribution in [2.75, 3.05) is 0 Å². The number of benzene rings is 1. The highest BCUT2D eigenvalue weighted by Crippen LogP contribution is 2.31. The number of phenols is 1. The Morgan fingerprint density at radius 3 is 2.80 bits per heavy atom. The third kappa shape index (κ3) is 3.15. The van der Waals surface area contributed by atoms with Crippen molar-refractivity contribution in [3.05, 3.63) is 30.1 Å². The van der Waals surface area contributed by atoms with Crippen LogP contribution in [0.4, 0.5) is 0 Å². The van der Waals surface area contributed by atoms with E-state index >= 15 is 0 Å². The van der Waals surface area contributed by atoms with Crippen LogP contribution in [0.2, 0.25) is 0 Å². The van der Waals surface area contributed by atoms with Crippen molar-refractivity contribution in [2.24, 2.45) is 0 Å². The van der Waals surface area contributed by atoms with Gasteiger partial charge in [-0.1, -0.05) is 36.6 Å². The van der Waals surface area contributed by atoms with Crippen molar-refractivity contribution >= 4 is 11.8 Å². The van der Waals surface area contributed by atoms with E-state index in [1.807, 2.05) is 17.8 Å². The molecular weight excluding hydrogens is 272 g/mol. The van der Waals surface area contributed by atoms with Gasteiger partial charge in [-0.15, -0.1) is 0 Å². The maximum Gasteiger partial charge on any atom is 0.261 e. The summed E-state index contributed by atoms with van der Waals surface area (Å²) in [4.78, 5) is 4.37. The molecule has 0 saturated heterocycles. The second-order valence-electron chi connectivity index (χ2n) is 5.10. The molecule has 106 valence electrons. The molecule has 1 aliphatic carbocycles. The van der Waals surface area contributed by atoms with Crippen molar-refractivity contribution in [2.45, 2.75) is 43.1 Å². The first-order chi connectivity index (χ1) is 9.83. The fraction of sp³-hybridized carbons (Fsp3) is 0.467. The number of thioether (sulfide) groups is 1. The molecular formula is C15H18N2O2S.